The Balaban J connectivity index is 2.12. The number of hydrogen-bond donors (Lipinski definition) is 1. The predicted molar refractivity (Wildman–Crippen MR) is 28.9 cm³/mol. The van der Waals surface area contributed by atoms with Crippen molar-refractivity contribution in [3.63, 3.8) is 0 Å². The fourth-order valence-electron chi connectivity index (χ4n) is 1.71. The van der Waals surface area contributed by atoms with Crippen molar-refractivity contribution in [3.05, 3.63) is 0 Å². The molecule has 2 fully saturated rings. The van der Waals surface area contributed by atoms with Gasteiger partial charge in [0.1, 0.15) is 0 Å². The Morgan fingerprint density at radius 1 is 1.29 bits per heavy atom. The van der Waals surface area contributed by atoms with Crippen LogP contribution in [0.4, 0.5) is 0 Å². The molecule has 40 valence electrons. The molecule has 0 unspecified atom stereocenters. The van der Waals surface area contributed by atoms with Gasteiger partial charge in [-0.15, -0.1) is 0 Å². The largest absolute Gasteiger partial charge is 0.325 e. The van der Waals surface area contributed by atoms with Gasteiger partial charge in [-0.05, 0) is 31.6 Å². The predicted octanol–water partition coefficient (Wildman–Crippen LogP) is 0.888. The summed E-state index contributed by atoms with van der Waals surface area (Å²) in [7, 11) is 0. The molecule has 2 saturated carbocycles. The summed E-state index contributed by atoms with van der Waals surface area (Å²) in [6.07, 6.45) is 5.43. The van der Waals surface area contributed by atoms with Gasteiger partial charge in [-0.25, -0.2) is 0 Å². The van der Waals surface area contributed by atoms with Crippen LogP contribution in [-0.4, -0.2) is 5.54 Å². The van der Waals surface area contributed by atoms with Crippen molar-refractivity contribution in [2.24, 2.45) is 11.7 Å². The number of hydrogen-bond acceptors (Lipinski definition) is 1. The second-order valence-electron chi connectivity index (χ2n) is 3.01. The number of rotatable bonds is 0. The smallest absolute Gasteiger partial charge is 0.0183 e. The lowest BCUT2D eigenvalue weighted by Crippen LogP contribution is -2.61. The molecule has 1 heteroatoms. The van der Waals surface area contributed by atoms with E-state index in [2.05, 4.69) is 0 Å². The van der Waals surface area contributed by atoms with E-state index in [1.807, 2.05) is 0 Å². The summed E-state index contributed by atoms with van der Waals surface area (Å²) in [5, 5.41) is 0. The molecule has 0 atom stereocenters. The Bertz CT molecular complexity index is 90.4. The van der Waals surface area contributed by atoms with Gasteiger partial charge in [-0.3, -0.25) is 0 Å². The molecule has 0 saturated heterocycles. The van der Waals surface area contributed by atoms with Crippen LogP contribution in [0.1, 0.15) is 25.7 Å². The lowest BCUT2D eigenvalue weighted by molar-refractivity contribution is 0.0158. The highest BCUT2D eigenvalue weighted by Crippen LogP contribution is 2.51. The van der Waals surface area contributed by atoms with E-state index in [0.717, 1.165) is 5.92 Å². The van der Waals surface area contributed by atoms with Gasteiger partial charge in [0, 0.05) is 5.54 Å². The molecule has 0 aromatic rings. The molecule has 7 heavy (non-hydrogen) atoms. The third kappa shape index (κ3) is 0.290. The number of fused-ring (bicyclic) bond motifs is 1. The topological polar surface area (TPSA) is 26.0 Å². The van der Waals surface area contributed by atoms with Gasteiger partial charge >= 0.3 is 0 Å². The van der Waals surface area contributed by atoms with Crippen molar-refractivity contribution in [1.29, 1.82) is 0 Å². The third-order valence-electron chi connectivity index (χ3n) is 2.73. The summed E-state index contributed by atoms with van der Waals surface area (Å²) in [6.45, 7) is 0. The van der Waals surface area contributed by atoms with Gasteiger partial charge in [0.25, 0.3) is 0 Å². The first-order chi connectivity index (χ1) is 3.31. The molecule has 0 aliphatic heterocycles. The molecule has 1 nitrogen and oxygen atoms in total. The highest BCUT2D eigenvalue weighted by molar-refractivity contribution is 5.08. The molecule has 0 aromatic heterocycles. The maximum absolute atomic E-state index is 5.85. The third-order valence-corrected chi connectivity index (χ3v) is 2.73. The molecule has 0 spiro atoms. The van der Waals surface area contributed by atoms with Crippen LogP contribution in [-0.2, 0) is 0 Å². The minimum atomic E-state index is 0.361. The number of nitrogens with two attached hydrogens (primary N) is 1. The Morgan fingerprint density at radius 3 is 1.71 bits per heavy atom. The Hall–Kier alpha value is -0.0400. The molecule has 0 amide bonds. The monoisotopic (exact) mass is 97.1 g/mol. The normalized spacial score (nSPS) is 57.0. The maximum atomic E-state index is 5.85. The van der Waals surface area contributed by atoms with Crippen molar-refractivity contribution >= 4 is 0 Å². The lowest BCUT2D eigenvalue weighted by Gasteiger charge is -2.56. The molecule has 0 radical (unpaired) electrons. The van der Waals surface area contributed by atoms with Crippen LogP contribution >= 0.6 is 0 Å². The summed E-state index contributed by atoms with van der Waals surface area (Å²) in [5.74, 6) is 0.937. The first-order valence-electron chi connectivity index (χ1n) is 3.10. The van der Waals surface area contributed by atoms with Gasteiger partial charge in [-0.2, -0.15) is 0 Å². The van der Waals surface area contributed by atoms with Gasteiger partial charge in [0.05, 0.1) is 0 Å². The average Bonchev–Trinajstić information content (AvgIpc) is 1.67. The first kappa shape index (κ1) is 3.90. The van der Waals surface area contributed by atoms with Crippen LogP contribution in [0.3, 0.4) is 0 Å². The van der Waals surface area contributed by atoms with Gasteiger partial charge in [0.15, 0.2) is 0 Å². The van der Waals surface area contributed by atoms with Crippen molar-refractivity contribution in [2.75, 3.05) is 0 Å². The van der Waals surface area contributed by atoms with Crippen LogP contribution in [0.25, 0.3) is 0 Å². The summed E-state index contributed by atoms with van der Waals surface area (Å²) >= 11 is 0. The van der Waals surface area contributed by atoms with Crippen molar-refractivity contribution in [3.8, 4) is 0 Å². The highest BCUT2D eigenvalue weighted by Gasteiger charge is 2.50. The summed E-state index contributed by atoms with van der Waals surface area (Å²) in [5.41, 5.74) is 6.21. The zero-order chi connectivity index (χ0) is 4.91. The molecular weight excluding hydrogens is 86.1 g/mol. The van der Waals surface area contributed by atoms with Gasteiger partial charge in [0.2, 0.25) is 0 Å². The van der Waals surface area contributed by atoms with E-state index >= 15 is 0 Å². The van der Waals surface area contributed by atoms with Crippen LogP contribution < -0.4 is 5.73 Å². The summed E-state index contributed by atoms with van der Waals surface area (Å²) in [4.78, 5) is 0. The average molecular weight is 97.2 g/mol. The standard InChI is InChI=1S/C6H11N/c7-6-3-1-5(6)2-4-6/h5H,1-4,7H2. The molecular formula is C6H11N. The first-order valence-corrected chi connectivity index (χ1v) is 3.10. The van der Waals surface area contributed by atoms with Crippen LogP contribution in [0.5, 0.6) is 0 Å². The summed E-state index contributed by atoms with van der Waals surface area (Å²) < 4.78 is 0. The van der Waals surface area contributed by atoms with Crippen LogP contribution in [0.15, 0.2) is 0 Å². The van der Waals surface area contributed by atoms with Crippen molar-refractivity contribution < 1.29 is 0 Å². The quantitative estimate of drug-likeness (QED) is 0.477. The van der Waals surface area contributed by atoms with Crippen LogP contribution in [0.2, 0.25) is 0 Å². The van der Waals surface area contributed by atoms with E-state index in [1.165, 1.54) is 25.7 Å². The van der Waals surface area contributed by atoms with E-state index in [4.69, 9.17) is 5.73 Å². The molecule has 2 N–H and O–H groups in total. The fraction of sp³-hybridized carbons (Fsp3) is 1.00. The zero-order valence-electron chi connectivity index (χ0n) is 4.48. The SMILES string of the molecule is NC12CCC1CC2. The van der Waals surface area contributed by atoms with Gasteiger partial charge < -0.3 is 5.73 Å². The Morgan fingerprint density at radius 2 is 1.71 bits per heavy atom. The van der Waals surface area contributed by atoms with Crippen molar-refractivity contribution in [2.45, 2.75) is 31.2 Å². The zero-order valence-corrected chi connectivity index (χ0v) is 4.48. The molecule has 0 aromatic carbocycles. The lowest BCUT2D eigenvalue weighted by atomic mass is 9.54. The van der Waals surface area contributed by atoms with E-state index in [0.29, 0.717) is 5.54 Å². The molecule has 2 aliphatic carbocycles. The van der Waals surface area contributed by atoms with Crippen molar-refractivity contribution in [1.82, 2.24) is 0 Å². The Kier molecular flexibility index (Phi) is 0.487. The molecule has 0 heterocycles. The van der Waals surface area contributed by atoms with E-state index in [9.17, 15) is 0 Å². The van der Waals surface area contributed by atoms with E-state index in [-0.39, 0.29) is 0 Å². The molecule has 2 aliphatic rings. The second-order valence-corrected chi connectivity index (χ2v) is 3.01. The Labute approximate surface area is 43.9 Å². The van der Waals surface area contributed by atoms with Crippen LogP contribution in [0, 0.1) is 5.92 Å². The summed E-state index contributed by atoms with van der Waals surface area (Å²) in [6, 6.07) is 0. The highest BCUT2D eigenvalue weighted by atomic mass is 14.8. The maximum Gasteiger partial charge on any atom is 0.0183 e. The minimum absolute atomic E-state index is 0.361. The fourth-order valence-corrected chi connectivity index (χ4v) is 1.71. The van der Waals surface area contributed by atoms with Gasteiger partial charge in [-0.1, -0.05) is 0 Å². The minimum Gasteiger partial charge on any atom is -0.325 e. The molecule has 2 rings (SSSR count). The van der Waals surface area contributed by atoms with E-state index < -0.39 is 0 Å². The van der Waals surface area contributed by atoms with E-state index in [1.54, 1.807) is 0 Å². The second kappa shape index (κ2) is 0.873. The molecule has 0 bridgehead atoms.